The van der Waals surface area contributed by atoms with Crippen molar-refractivity contribution >= 4 is 33.5 Å². The van der Waals surface area contributed by atoms with Gasteiger partial charge in [-0.1, -0.05) is 29.8 Å². The summed E-state index contributed by atoms with van der Waals surface area (Å²) in [7, 11) is 1.64. The molecule has 0 N–H and O–H groups in total. The van der Waals surface area contributed by atoms with E-state index < -0.39 is 0 Å². The highest BCUT2D eigenvalue weighted by Crippen LogP contribution is 2.34. The van der Waals surface area contributed by atoms with Crippen LogP contribution in [0.25, 0.3) is 11.3 Å². The number of esters is 1. The number of nitrogens with zero attached hydrogens (tertiary/aromatic N) is 2. The van der Waals surface area contributed by atoms with Gasteiger partial charge in [0, 0.05) is 35.1 Å². The largest absolute Gasteiger partial charge is 0.481 e. The van der Waals surface area contributed by atoms with Gasteiger partial charge in [-0.2, -0.15) is 0 Å². The van der Waals surface area contributed by atoms with Crippen molar-refractivity contribution in [1.29, 1.82) is 0 Å². The fourth-order valence-corrected chi connectivity index (χ4v) is 4.37. The molecule has 1 aliphatic rings. The summed E-state index contributed by atoms with van der Waals surface area (Å²) in [5.74, 6) is 0.835. The third kappa shape index (κ3) is 5.71. The number of likely N-dealkylation sites (tertiary alicyclic amines) is 1. The molecule has 0 amide bonds. The molecule has 1 atom stereocenters. The van der Waals surface area contributed by atoms with Crippen molar-refractivity contribution < 1.29 is 14.3 Å². The van der Waals surface area contributed by atoms with Gasteiger partial charge in [0.05, 0.1) is 24.4 Å². The fraction of sp³-hybridized carbons (Fsp3) is 0.455. The molecule has 1 aromatic heterocycles. The number of hydrogen-bond acceptors (Lipinski definition) is 5. The summed E-state index contributed by atoms with van der Waals surface area (Å²) >= 11 is 9.89. The van der Waals surface area contributed by atoms with Crippen LogP contribution in [0.15, 0.2) is 34.8 Å². The normalized spacial score (nSPS) is 17.2. The van der Waals surface area contributed by atoms with Crippen LogP contribution in [-0.2, 0) is 16.1 Å². The third-order valence-electron chi connectivity index (χ3n) is 5.12. The van der Waals surface area contributed by atoms with E-state index in [2.05, 4.69) is 20.8 Å². The molecule has 0 saturated carbocycles. The Morgan fingerprint density at radius 3 is 2.93 bits per heavy atom. The van der Waals surface area contributed by atoms with Crippen molar-refractivity contribution in [3.05, 3.63) is 45.4 Å². The molecule has 7 heteroatoms. The highest BCUT2D eigenvalue weighted by molar-refractivity contribution is 9.10. The van der Waals surface area contributed by atoms with Gasteiger partial charge in [-0.25, -0.2) is 4.98 Å². The zero-order valence-corrected chi connectivity index (χ0v) is 19.1. The number of hydrogen-bond donors (Lipinski definition) is 0. The zero-order valence-electron chi connectivity index (χ0n) is 16.8. The zero-order chi connectivity index (χ0) is 20.8. The molecule has 2 heterocycles. The standard InChI is InChI=1S/C22H26BrClN2O3/c1-3-29-20(27)12-15-6-5-11-26(13-15)14-16-9-10-19(25-22(16)28-2)17-7-4-8-18(23)21(17)24/h4,7-10,15H,3,5-6,11-14H2,1-2H3. The summed E-state index contributed by atoms with van der Waals surface area (Å²) in [5.41, 5.74) is 2.66. The van der Waals surface area contributed by atoms with Crippen LogP contribution in [-0.4, -0.2) is 42.7 Å². The second-order valence-electron chi connectivity index (χ2n) is 7.22. The predicted molar refractivity (Wildman–Crippen MR) is 118 cm³/mol. The van der Waals surface area contributed by atoms with Gasteiger partial charge >= 0.3 is 5.97 Å². The van der Waals surface area contributed by atoms with Gasteiger partial charge < -0.3 is 9.47 Å². The number of halogens is 2. The minimum Gasteiger partial charge on any atom is -0.481 e. The van der Waals surface area contributed by atoms with Gasteiger partial charge in [-0.05, 0) is 60.3 Å². The highest BCUT2D eigenvalue weighted by atomic mass is 79.9. The van der Waals surface area contributed by atoms with Crippen molar-refractivity contribution in [2.45, 2.75) is 32.7 Å². The number of carbonyl (C=O) groups is 1. The maximum Gasteiger partial charge on any atom is 0.306 e. The van der Waals surface area contributed by atoms with E-state index in [9.17, 15) is 4.79 Å². The van der Waals surface area contributed by atoms with Crippen molar-refractivity contribution in [3.8, 4) is 17.1 Å². The van der Waals surface area contributed by atoms with Crippen LogP contribution >= 0.6 is 27.5 Å². The van der Waals surface area contributed by atoms with Gasteiger partial charge in [0.2, 0.25) is 5.88 Å². The van der Waals surface area contributed by atoms with Crippen molar-refractivity contribution in [2.75, 3.05) is 26.8 Å². The van der Waals surface area contributed by atoms with Crippen LogP contribution in [0.5, 0.6) is 5.88 Å². The van der Waals surface area contributed by atoms with E-state index in [1.54, 1.807) is 7.11 Å². The molecular formula is C22H26BrClN2O3. The lowest BCUT2D eigenvalue weighted by molar-refractivity contribution is -0.144. The van der Waals surface area contributed by atoms with E-state index in [0.29, 0.717) is 29.8 Å². The number of methoxy groups -OCH3 is 1. The minimum atomic E-state index is -0.103. The van der Waals surface area contributed by atoms with Crippen molar-refractivity contribution in [2.24, 2.45) is 5.92 Å². The Labute approximate surface area is 185 Å². The molecule has 5 nitrogen and oxygen atoms in total. The van der Waals surface area contributed by atoms with E-state index in [1.807, 2.05) is 37.3 Å². The van der Waals surface area contributed by atoms with E-state index in [1.165, 1.54) is 0 Å². The Hall–Kier alpha value is -1.63. The van der Waals surface area contributed by atoms with Crippen LogP contribution in [0.2, 0.25) is 5.02 Å². The average Bonchev–Trinajstić information content (AvgIpc) is 2.71. The molecule has 1 saturated heterocycles. The Balaban J connectivity index is 1.72. The molecule has 0 aliphatic carbocycles. The van der Waals surface area contributed by atoms with Crippen LogP contribution in [0, 0.1) is 5.92 Å². The number of rotatable bonds is 7. The first-order valence-electron chi connectivity index (χ1n) is 9.88. The Bertz CT molecular complexity index is 862. The lowest BCUT2D eigenvalue weighted by Crippen LogP contribution is -2.36. The quantitative estimate of drug-likeness (QED) is 0.500. The number of carbonyl (C=O) groups excluding carboxylic acids is 1. The minimum absolute atomic E-state index is 0.103. The fourth-order valence-electron chi connectivity index (χ4n) is 3.78. The van der Waals surface area contributed by atoms with Gasteiger partial charge in [-0.15, -0.1) is 0 Å². The predicted octanol–water partition coefficient (Wildman–Crippen LogP) is 5.34. The molecule has 1 fully saturated rings. The number of ether oxygens (including phenoxy) is 2. The van der Waals surface area contributed by atoms with Gasteiger partial charge in [0.25, 0.3) is 0 Å². The van der Waals surface area contributed by atoms with E-state index in [-0.39, 0.29) is 5.97 Å². The molecule has 0 bridgehead atoms. The maximum atomic E-state index is 11.8. The molecule has 0 radical (unpaired) electrons. The van der Waals surface area contributed by atoms with Crippen LogP contribution in [0.4, 0.5) is 0 Å². The third-order valence-corrected chi connectivity index (χ3v) is 6.41. The van der Waals surface area contributed by atoms with E-state index in [4.69, 9.17) is 26.1 Å². The topological polar surface area (TPSA) is 51.7 Å². The van der Waals surface area contributed by atoms with Crippen LogP contribution in [0.1, 0.15) is 31.7 Å². The Morgan fingerprint density at radius 2 is 2.17 bits per heavy atom. The van der Waals surface area contributed by atoms with Crippen molar-refractivity contribution in [3.63, 3.8) is 0 Å². The summed E-state index contributed by atoms with van der Waals surface area (Å²) in [6.07, 6.45) is 2.62. The molecule has 156 valence electrons. The van der Waals surface area contributed by atoms with Gasteiger partial charge in [0.15, 0.2) is 0 Å². The number of aromatic nitrogens is 1. The second-order valence-corrected chi connectivity index (χ2v) is 8.45. The first kappa shape index (κ1) is 22.1. The first-order chi connectivity index (χ1) is 14.0. The molecular weight excluding hydrogens is 456 g/mol. The summed E-state index contributed by atoms with van der Waals surface area (Å²) < 4.78 is 11.5. The molecule has 2 aromatic rings. The molecule has 3 rings (SSSR count). The molecule has 29 heavy (non-hydrogen) atoms. The lowest BCUT2D eigenvalue weighted by Gasteiger charge is -2.32. The molecule has 1 unspecified atom stereocenters. The molecule has 1 aromatic carbocycles. The first-order valence-corrected chi connectivity index (χ1v) is 11.0. The van der Waals surface area contributed by atoms with Gasteiger partial charge in [0.1, 0.15) is 0 Å². The summed E-state index contributed by atoms with van der Waals surface area (Å²) in [6.45, 7) is 4.90. The van der Waals surface area contributed by atoms with Crippen LogP contribution in [0.3, 0.4) is 0 Å². The Kier molecular flexibility index (Phi) is 7.92. The molecule has 0 spiro atoms. The summed E-state index contributed by atoms with van der Waals surface area (Å²) in [5, 5.41) is 0.632. The lowest BCUT2D eigenvalue weighted by atomic mass is 9.94. The molecule has 1 aliphatic heterocycles. The number of pyridine rings is 1. The monoisotopic (exact) mass is 480 g/mol. The number of benzene rings is 1. The summed E-state index contributed by atoms with van der Waals surface area (Å²) in [4.78, 5) is 18.9. The van der Waals surface area contributed by atoms with Crippen molar-refractivity contribution in [1.82, 2.24) is 9.88 Å². The van der Waals surface area contributed by atoms with E-state index in [0.717, 1.165) is 53.8 Å². The number of piperidine rings is 1. The smallest absolute Gasteiger partial charge is 0.306 e. The van der Waals surface area contributed by atoms with Crippen LogP contribution < -0.4 is 4.74 Å². The second kappa shape index (κ2) is 10.4. The van der Waals surface area contributed by atoms with Gasteiger partial charge in [-0.3, -0.25) is 9.69 Å². The SMILES string of the molecule is CCOC(=O)CC1CCCN(Cc2ccc(-c3cccc(Br)c3Cl)nc2OC)C1. The maximum absolute atomic E-state index is 11.8. The Morgan fingerprint density at radius 1 is 1.34 bits per heavy atom. The summed E-state index contributed by atoms with van der Waals surface area (Å²) in [6, 6.07) is 9.81. The average molecular weight is 482 g/mol. The van der Waals surface area contributed by atoms with E-state index >= 15 is 0 Å². The highest BCUT2D eigenvalue weighted by Gasteiger charge is 2.24.